The summed E-state index contributed by atoms with van der Waals surface area (Å²) in [6.45, 7) is 3.55. The van der Waals surface area contributed by atoms with E-state index in [1.807, 2.05) is 6.07 Å². The van der Waals surface area contributed by atoms with Gasteiger partial charge in [0.2, 0.25) is 5.91 Å². The molecule has 0 aliphatic heterocycles. The van der Waals surface area contributed by atoms with Crippen LogP contribution in [-0.4, -0.2) is 12.5 Å². The molecule has 0 spiro atoms. The van der Waals surface area contributed by atoms with Gasteiger partial charge in [-0.25, -0.2) is 8.78 Å². The van der Waals surface area contributed by atoms with Crippen LogP contribution in [0.5, 0.6) is 0 Å². The minimum Gasteiger partial charge on any atom is -0.354 e. The van der Waals surface area contributed by atoms with Crippen LogP contribution in [0.1, 0.15) is 25.8 Å². The lowest BCUT2D eigenvalue weighted by Crippen LogP contribution is -2.38. The molecule has 102 valence electrons. The number of hydrogen-bond donors (Lipinski definition) is 1. The van der Waals surface area contributed by atoms with Gasteiger partial charge < -0.3 is 5.32 Å². The Kier molecular flexibility index (Phi) is 4.99. The number of rotatable bonds is 5. The van der Waals surface area contributed by atoms with Crippen molar-refractivity contribution in [2.24, 2.45) is 5.41 Å². The number of halogens is 2. The van der Waals surface area contributed by atoms with E-state index >= 15 is 0 Å². The molecular formula is C14H16F2N2O. The Hall–Kier alpha value is -1.96. The van der Waals surface area contributed by atoms with Crippen molar-refractivity contribution in [2.45, 2.75) is 26.7 Å². The van der Waals surface area contributed by atoms with Gasteiger partial charge in [-0.15, -0.1) is 0 Å². The molecule has 1 aromatic rings. The summed E-state index contributed by atoms with van der Waals surface area (Å²) in [6.07, 6.45) is 0.718. The summed E-state index contributed by atoms with van der Waals surface area (Å²) in [4.78, 5) is 11.8. The van der Waals surface area contributed by atoms with Crippen LogP contribution in [-0.2, 0) is 11.2 Å². The van der Waals surface area contributed by atoms with E-state index in [4.69, 9.17) is 5.26 Å². The van der Waals surface area contributed by atoms with Gasteiger partial charge in [-0.05, 0) is 37.5 Å². The highest BCUT2D eigenvalue weighted by Gasteiger charge is 2.30. The van der Waals surface area contributed by atoms with E-state index in [9.17, 15) is 13.6 Å². The maximum atomic E-state index is 12.9. The van der Waals surface area contributed by atoms with Gasteiger partial charge in [0, 0.05) is 12.6 Å². The van der Waals surface area contributed by atoms with Crippen molar-refractivity contribution in [3.63, 3.8) is 0 Å². The minimum atomic E-state index is -1.06. The van der Waals surface area contributed by atoms with E-state index in [0.717, 1.165) is 6.07 Å². The van der Waals surface area contributed by atoms with Crippen LogP contribution < -0.4 is 5.32 Å². The molecule has 1 amide bonds. The van der Waals surface area contributed by atoms with Gasteiger partial charge in [-0.3, -0.25) is 4.79 Å². The number of nitriles is 1. The zero-order valence-corrected chi connectivity index (χ0v) is 11.0. The van der Waals surface area contributed by atoms with Crippen LogP contribution in [0.2, 0.25) is 0 Å². The molecule has 1 aromatic carbocycles. The number of carbonyl (C=O) groups is 1. The molecule has 1 N–H and O–H groups in total. The Labute approximate surface area is 111 Å². The second kappa shape index (κ2) is 6.28. The van der Waals surface area contributed by atoms with Crippen molar-refractivity contribution in [1.82, 2.24) is 5.32 Å². The third-order valence-corrected chi connectivity index (χ3v) is 3.08. The SMILES string of the molecule is CCC(C)(C#N)C(=O)NCCc1cc(F)cc(F)c1. The van der Waals surface area contributed by atoms with Gasteiger partial charge in [0.1, 0.15) is 17.0 Å². The summed E-state index contributed by atoms with van der Waals surface area (Å²) in [5.74, 6) is -1.65. The van der Waals surface area contributed by atoms with Crippen LogP contribution in [0, 0.1) is 28.4 Å². The summed E-state index contributed by atoms with van der Waals surface area (Å²) in [6, 6.07) is 5.20. The fourth-order valence-electron chi connectivity index (χ4n) is 1.56. The largest absolute Gasteiger partial charge is 0.354 e. The Morgan fingerprint density at radius 1 is 1.37 bits per heavy atom. The average molecular weight is 266 g/mol. The van der Waals surface area contributed by atoms with Crippen LogP contribution in [0.3, 0.4) is 0 Å². The highest BCUT2D eigenvalue weighted by atomic mass is 19.1. The van der Waals surface area contributed by atoms with Gasteiger partial charge in [0.05, 0.1) is 6.07 Å². The first-order chi connectivity index (χ1) is 8.91. The molecule has 19 heavy (non-hydrogen) atoms. The summed E-state index contributed by atoms with van der Waals surface area (Å²) in [5, 5.41) is 11.5. The van der Waals surface area contributed by atoms with Crippen molar-refractivity contribution in [3.8, 4) is 6.07 Å². The van der Waals surface area contributed by atoms with Gasteiger partial charge in [0.25, 0.3) is 0 Å². The number of carbonyl (C=O) groups excluding carboxylic acids is 1. The number of hydrogen-bond acceptors (Lipinski definition) is 2. The Morgan fingerprint density at radius 2 is 1.95 bits per heavy atom. The maximum Gasteiger partial charge on any atom is 0.240 e. The smallest absolute Gasteiger partial charge is 0.240 e. The molecule has 0 saturated heterocycles. The van der Waals surface area contributed by atoms with Crippen molar-refractivity contribution in [1.29, 1.82) is 5.26 Å². The van der Waals surface area contributed by atoms with Crippen molar-refractivity contribution in [3.05, 3.63) is 35.4 Å². The molecule has 1 rings (SSSR count). The Bertz CT molecular complexity index is 490. The second-order valence-corrected chi connectivity index (χ2v) is 4.58. The summed E-state index contributed by atoms with van der Waals surface area (Å²) >= 11 is 0. The molecule has 0 bridgehead atoms. The highest BCUT2D eigenvalue weighted by Crippen LogP contribution is 2.19. The quantitative estimate of drug-likeness (QED) is 0.890. The molecule has 0 saturated carbocycles. The first kappa shape index (κ1) is 15.1. The van der Waals surface area contributed by atoms with Crippen LogP contribution in [0.25, 0.3) is 0 Å². The van der Waals surface area contributed by atoms with E-state index in [-0.39, 0.29) is 12.5 Å². The molecule has 0 aromatic heterocycles. The van der Waals surface area contributed by atoms with Crippen molar-refractivity contribution < 1.29 is 13.6 Å². The fraction of sp³-hybridized carbons (Fsp3) is 0.429. The molecule has 3 nitrogen and oxygen atoms in total. The van der Waals surface area contributed by atoms with Crippen molar-refractivity contribution >= 4 is 5.91 Å². The predicted octanol–water partition coefficient (Wildman–Crippen LogP) is 2.56. The molecule has 0 radical (unpaired) electrons. The molecule has 1 atom stereocenters. The Balaban J connectivity index is 2.55. The van der Waals surface area contributed by atoms with Crippen LogP contribution in [0.4, 0.5) is 8.78 Å². The molecule has 0 aliphatic carbocycles. The summed E-state index contributed by atoms with van der Waals surface area (Å²) in [5.41, 5.74) is -0.597. The number of amides is 1. The summed E-state index contributed by atoms with van der Waals surface area (Å²) in [7, 11) is 0. The van der Waals surface area contributed by atoms with E-state index in [2.05, 4.69) is 5.32 Å². The lowest BCUT2D eigenvalue weighted by atomic mass is 9.88. The third kappa shape index (κ3) is 4.02. The molecule has 0 heterocycles. The zero-order valence-electron chi connectivity index (χ0n) is 11.0. The average Bonchev–Trinajstić information content (AvgIpc) is 2.36. The fourth-order valence-corrected chi connectivity index (χ4v) is 1.56. The molecule has 0 fully saturated rings. The first-order valence-electron chi connectivity index (χ1n) is 6.06. The van der Waals surface area contributed by atoms with Gasteiger partial charge in [0.15, 0.2) is 0 Å². The standard InChI is InChI=1S/C14H16F2N2O/c1-3-14(2,9-17)13(19)18-5-4-10-6-11(15)8-12(16)7-10/h6-8H,3-5H2,1-2H3,(H,18,19). The second-order valence-electron chi connectivity index (χ2n) is 4.58. The van der Waals surface area contributed by atoms with E-state index in [1.165, 1.54) is 12.1 Å². The van der Waals surface area contributed by atoms with E-state index < -0.39 is 17.0 Å². The normalized spacial score (nSPS) is 13.4. The first-order valence-corrected chi connectivity index (χ1v) is 6.06. The molecule has 1 unspecified atom stereocenters. The highest BCUT2D eigenvalue weighted by molar-refractivity contribution is 5.84. The monoisotopic (exact) mass is 266 g/mol. The zero-order chi connectivity index (χ0) is 14.5. The van der Waals surface area contributed by atoms with Gasteiger partial charge >= 0.3 is 0 Å². The van der Waals surface area contributed by atoms with E-state index in [1.54, 1.807) is 13.8 Å². The third-order valence-electron chi connectivity index (χ3n) is 3.08. The van der Waals surface area contributed by atoms with Gasteiger partial charge in [-0.1, -0.05) is 6.92 Å². The molecule has 5 heteroatoms. The topological polar surface area (TPSA) is 52.9 Å². The van der Waals surface area contributed by atoms with Crippen molar-refractivity contribution in [2.75, 3.05) is 6.54 Å². The summed E-state index contributed by atoms with van der Waals surface area (Å²) < 4.78 is 25.9. The number of nitrogens with one attached hydrogen (secondary N) is 1. The molecule has 0 aliphatic rings. The lowest BCUT2D eigenvalue weighted by molar-refractivity contribution is -0.127. The van der Waals surface area contributed by atoms with Crippen LogP contribution >= 0.6 is 0 Å². The molecular weight excluding hydrogens is 250 g/mol. The van der Waals surface area contributed by atoms with Gasteiger partial charge in [-0.2, -0.15) is 5.26 Å². The maximum absolute atomic E-state index is 12.9. The Morgan fingerprint density at radius 3 is 2.42 bits per heavy atom. The predicted molar refractivity (Wildman–Crippen MR) is 67.1 cm³/mol. The minimum absolute atomic E-state index is 0.235. The number of nitrogens with zero attached hydrogens (tertiary/aromatic N) is 1. The van der Waals surface area contributed by atoms with Crippen LogP contribution in [0.15, 0.2) is 18.2 Å². The van der Waals surface area contributed by atoms with E-state index in [0.29, 0.717) is 18.4 Å². The lowest BCUT2D eigenvalue weighted by Gasteiger charge is -2.18. The number of benzene rings is 1.